The summed E-state index contributed by atoms with van der Waals surface area (Å²) in [7, 11) is 0. The number of aromatic nitrogens is 2. The molecule has 1 heterocycles. The van der Waals surface area contributed by atoms with E-state index < -0.39 is 17.9 Å². The number of rotatable bonds is 7. The smallest absolute Gasteiger partial charge is 0.320 e. The zero-order valence-corrected chi connectivity index (χ0v) is 14.1. The lowest BCUT2D eigenvalue weighted by molar-refractivity contribution is -0.161. The van der Waals surface area contributed by atoms with E-state index in [0.717, 1.165) is 11.1 Å². The number of ether oxygens (including phenoxy) is 2. The molecule has 0 radical (unpaired) electrons. The first-order chi connectivity index (χ1) is 12.1. The Kier molecular flexibility index (Phi) is 6.45. The van der Waals surface area contributed by atoms with Crippen molar-refractivity contribution in [3.05, 3.63) is 42.5 Å². The predicted octanol–water partition coefficient (Wildman–Crippen LogP) is 2.13. The molecule has 0 fully saturated rings. The zero-order valence-electron chi connectivity index (χ0n) is 14.1. The molecule has 0 saturated carbocycles. The van der Waals surface area contributed by atoms with Gasteiger partial charge in [0.15, 0.2) is 5.92 Å². The lowest BCUT2D eigenvalue weighted by Crippen LogP contribution is -2.30. The Labute approximate surface area is 145 Å². The maximum atomic E-state index is 12.1. The van der Waals surface area contributed by atoms with E-state index in [4.69, 9.17) is 9.47 Å². The van der Waals surface area contributed by atoms with Crippen LogP contribution in [0.5, 0.6) is 5.75 Å². The summed E-state index contributed by atoms with van der Waals surface area (Å²) in [6.07, 6.45) is 4.67. The third-order valence-corrected chi connectivity index (χ3v) is 3.54. The molecule has 0 aliphatic carbocycles. The number of esters is 2. The number of phenols is 1. The molecule has 0 bridgehead atoms. The quantitative estimate of drug-likeness (QED) is 0.607. The fourth-order valence-corrected chi connectivity index (χ4v) is 2.35. The molecular weight excluding hydrogens is 324 g/mol. The van der Waals surface area contributed by atoms with Crippen LogP contribution in [0, 0.1) is 5.92 Å². The Morgan fingerprint density at radius 1 is 1.04 bits per heavy atom. The van der Waals surface area contributed by atoms with Crippen LogP contribution in [0.3, 0.4) is 0 Å². The molecule has 1 aromatic carbocycles. The number of carbonyl (C=O) groups is 2. The minimum Gasteiger partial charge on any atom is -0.508 e. The van der Waals surface area contributed by atoms with E-state index in [2.05, 4.69) is 9.97 Å². The van der Waals surface area contributed by atoms with Crippen molar-refractivity contribution >= 4 is 11.9 Å². The molecule has 1 aromatic heterocycles. The Morgan fingerprint density at radius 3 is 2.20 bits per heavy atom. The van der Waals surface area contributed by atoms with Crippen molar-refractivity contribution in [2.45, 2.75) is 20.3 Å². The van der Waals surface area contributed by atoms with Gasteiger partial charge in [-0.2, -0.15) is 0 Å². The van der Waals surface area contributed by atoms with Gasteiger partial charge in [-0.05, 0) is 43.5 Å². The molecule has 0 unspecified atom stereocenters. The molecular formula is C18H20N2O5. The average molecular weight is 344 g/mol. The van der Waals surface area contributed by atoms with Crippen LogP contribution < -0.4 is 0 Å². The summed E-state index contributed by atoms with van der Waals surface area (Å²) in [4.78, 5) is 32.1. The predicted molar refractivity (Wildman–Crippen MR) is 89.6 cm³/mol. The van der Waals surface area contributed by atoms with E-state index in [-0.39, 0.29) is 25.4 Å². The number of benzene rings is 1. The van der Waals surface area contributed by atoms with E-state index >= 15 is 0 Å². The number of carbonyl (C=O) groups excluding carboxylic acids is 2. The van der Waals surface area contributed by atoms with Gasteiger partial charge in [-0.15, -0.1) is 0 Å². The van der Waals surface area contributed by atoms with E-state index in [1.54, 1.807) is 38.4 Å². The van der Waals surface area contributed by atoms with Crippen LogP contribution in [0.25, 0.3) is 11.1 Å². The first kappa shape index (κ1) is 18.4. The second kappa shape index (κ2) is 8.77. The van der Waals surface area contributed by atoms with E-state index in [1.807, 2.05) is 0 Å². The first-order valence-corrected chi connectivity index (χ1v) is 7.97. The van der Waals surface area contributed by atoms with Crippen LogP contribution in [-0.2, 0) is 25.5 Å². The van der Waals surface area contributed by atoms with Crippen LogP contribution in [0.2, 0.25) is 0 Å². The van der Waals surface area contributed by atoms with E-state index in [9.17, 15) is 14.7 Å². The minimum absolute atomic E-state index is 0.0146. The average Bonchev–Trinajstić information content (AvgIpc) is 2.62. The fourth-order valence-electron chi connectivity index (χ4n) is 2.35. The second-order valence-corrected chi connectivity index (χ2v) is 5.23. The Bertz CT molecular complexity index is 716. The van der Waals surface area contributed by atoms with Crippen LogP contribution in [0.1, 0.15) is 19.4 Å². The standard InChI is InChI=1S/C18H20N2O5/c1-3-24-17(22)15(18(23)25-4-2)8-13-7-12(5-6-16(13)21)14-9-19-11-20-10-14/h5-7,9-11,15,21H,3-4,8H2,1-2H3. The highest BCUT2D eigenvalue weighted by atomic mass is 16.6. The molecule has 132 valence electrons. The van der Waals surface area contributed by atoms with Gasteiger partial charge in [0.1, 0.15) is 12.1 Å². The van der Waals surface area contributed by atoms with Crippen LogP contribution in [0.15, 0.2) is 36.9 Å². The van der Waals surface area contributed by atoms with Gasteiger partial charge in [-0.3, -0.25) is 9.59 Å². The maximum Gasteiger partial charge on any atom is 0.320 e. The molecule has 0 aliphatic rings. The largest absolute Gasteiger partial charge is 0.508 e. The monoisotopic (exact) mass is 344 g/mol. The SMILES string of the molecule is CCOC(=O)C(Cc1cc(-c2cncnc2)ccc1O)C(=O)OCC. The molecule has 1 N–H and O–H groups in total. The van der Waals surface area contributed by atoms with Crippen molar-refractivity contribution in [2.24, 2.45) is 5.92 Å². The van der Waals surface area contributed by atoms with Crippen LogP contribution in [-0.4, -0.2) is 40.2 Å². The first-order valence-electron chi connectivity index (χ1n) is 7.97. The molecule has 0 spiro atoms. The minimum atomic E-state index is -1.13. The molecule has 2 aromatic rings. The van der Waals surface area contributed by atoms with Gasteiger partial charge in [0.05, 0.1) is 13.2 Å². The summed E-state index contributed by atoms with van der Waals surface area (Å²) in [6.45, 7) is 3.63. The Balaban J connectivity index is 2.31. The molecule has 7 nitrogen and oxygen atoms in total. The summed E-state index contributed by atoms with van der Waals surface area (Å²) < 4.78 is 9.91. The van der Waals surface area contributed by atoms with E-state index in [0.29, 0.717) is 5.56 Å². The van der Waals surface area contributed by atoms with Crippen molar-refractivity contribution in [1.29, 1.82) is 0 Å². The summed E-state index contributed by atoms with van der Waals surface area (Å²) in [5.41, 5.74) is 1.96. The molecule has 0 saturated heterocycles. The van der Waals surface area contributed by atoms with Gasteiger partial charge >= 0.3 is 11.9 Å². The Morgan fingerprint density at radius 2 is 1.64 bits per heavy atom. The van der Waals surface area contributed by atoms with Crippen molar-refractivity contribution in [3.63, 3.8) is 0 Å². The summed E-state index contributed by atoms with van der Waals surface area (Å²) in [5, 5.41) is 10.1. The van der Waals surface area contributed by atoms with Crippen LogP contribution in [0.4, 0.5) is 0 Å². The maximum absolute atomic E-state index is 12.1. The number of hydrogen-bond acceptors (Lipinski definition) is 7. The van der Waals surface area contributed by atoms with Gasteiger partial charge in [-0.25, -0.2) is 9.97 Å². The van der Waals surface area contributed by atoms with Crippen molar-refractivity contribution < 1.29 is 24.2 Å². The third-order valence-electron chi connectivity index (χ3n) is 3.54. The zero-order chi connectivity index (χ0) is 18.2. The van der Waals surface area contributed by atoms with Crippen molar-refractivity contribution in [3.8, 4) is 16.9 Å². The van der Waals surface area contributed by atoms with Crippen molar-refractivity contribution in [2.75, 3.05) is 13.2 Å². The summed E-state index contributed by atoms with van der Waals surface area (Å²) in [5.74, 6) is -2.49. The van der Waals surface area contributed by atoms with Gasteiger partial charge in [0.25, 0.3) is 0 Å². The fraction of sp³-hybridized carbons (Fsp3) is 0.333. The second-order valence-electron chi connectivity index (χ2n) is 5.23. The number of phenolic OH excluding ortho intramolecular Hbond substituents is 1. The topological polar surface area (TPSA) is 98.6 Å². The number of aromatic hydroxyl groups is 1. The summed E-state index contributed by atoms with van der Waals surface area (Å²) in [6, 6.07) is 4.91. The summed E-state index contributed by atoms with van der Waals surface area (Å²) >= 11 is 0. The van der Waals surface area contributed by atoms with Gasteiger partial charge in [-0.1, -0.05) is 6.07 Å². The number of nitrogens with zero attached hydrogens (tertiary/aromatic N) is 2. The van der Waals surface area contributed by atoms with Gasteiger partial charge in [0.2, 0.25) is 0 Å². The highest BCUT2D eigenvalue weighted by Gasteiger charge is 2.30. The van der Waals surface area contributed by atoms with Gasteiger partial charge < -0.3 is 14.6 Å². The molecule has 0 amide bonds. The molecule has 0 aliphatic heterocycles. The normalized spacial score (nSPS) is 10.5. The molecule has 0 atom stereocenters. The Hall–Kier alpha value is -2.96. The molecule has 25 heavy (non-hydrogen) atoms. The van der Waals surface area contributed by atoms with Crippen LogP contribution >= 0.6 is 0 Å². The highest BCUT2D eigenvalue weighted by molar-refractivity contribution is 5.95. The highest BCUT2D eigenvalue weighted by Crippen LogP contribution is 2.27. The van der Waals surface area contributed by atoms with Crippen molar-refractivity contribution in [1.82, 2.24) is 9.97 Å². The van der Waals surface area contributed by atoms with Gasteiger partial charge in [0, 0.05) is 18.0 Å². The lowest BCUT2D eigenvalue weighted by Gasteiger charge is -2.15. The number of hydrogen-bond donors (Lipinski definition) is 1. The van der Waals surface area contributed by atoms with E-state index in [1.165, 1.54) is 12.4 Å². The molecule has 2 rings (SSSR count). The lowest BCUT2D eigenvalue weighted by atomic mass is 9.96. The third kappa shape index (κ3) is 4.76. The molecule has 7 heteroatoms.